The minimum absolute atomic E-state index is 0.0991. The van der Waals surface area contributed by atoms with Crippen molar-refractivity contribution in [1.82, 2.24) is 34.5 Å². The highest BCUT2D eigenvalue weighted by Crippen LogP contribution is 2.45. The van der Waals surface area contributed by atoms with E-state index in [1.807, 2.05) is 10.8 Å². The van der Waals surface area contributed by atoms with Gasteiger partial charge in [0, 0.05) is 25.0 Å². The van der Waals surface area contributed by atoms with Crippen molar-refractivity contribution in [2.75, 3.05) is 43.9 Å². The first-order valence-electron chi connectivity index (χ1n) is 12.7. The van der Waals surface area contributed by atoms with E-state index in [4.69, 9.17) is 9.97 Å². The number of rotatable bonds is 7. The van der Waals surface area contributed by atoms with Gasteiger partial charge in [0.25, 0.3) is 0 Å². The molecule has 3 aromatic rings. The van der Waals surface area contributed by atoms with Crippen LogP contribution >= 0.6 is 0 Å². The van der Waals surface area contributed by atoms with Crippen molar-refractivity contribution in [2.45, 2.75) is 63.3 Å². The van der Waals surface area contributed by atoms with Crippen LogP contribution in [-0.2, 0) is 6.73 Å². The first-order valence-corrected chi connectivity index (χ1v) is 12.7. The van der Waals surface area contributed by atoms with Crippen LogP contribution in [0, 0.1) is 0 Å². The lowest BCUT2D eigenvalue weighted by molar-refractivity contribution is 0.212. The highest BCUT2D eigenvalue weighted by molar-refractivity contribution is 5.93. The Hall–Kier alpha value is -2.69. The molecule has 1 saturated carbocycles. The monoisotopic (exact) mass is 465 g/mol. The first kappa shape index (κ1) is 21.8. The molecule has 0 bridgehead atoms. The quantitative estimate of drug-likeness (QED) is 0.422. The van der Waals surface area contributed by atoms with Crippen molar-refractivity contribution in [3.05, 3.63) is 24.2 Å². The third kappa shape index (κ3) is 4.37. The Balaban J connectivity index is 1.31. The molecular weight excluding hydrogens is 430 g/mol. The van der Waals surface area contributed by atoms with Gasteiger partial charge in [0.2, 0.25) is 5.95 Å². The van der Waals surface area contributed by atoms with Crippen molar-refractivity contribution >= 4 is 28.5 Å². The molecule has 4 N–H and O–H groups in total. The molecule has 0 amide bonds. The number of nitrogens with one attached hydrogen (secondary N) is 3. The van der Waals surface area contributed by atoms with E-state index >= 15 is 0 Å². The average molecular weight is 466 g/mol. The number of hydrogen-bond donors (Lipinski definition) is 4. The standard InChI is InChI=1S/C24H35N9O/c1-31-9-6-19(7-10-31)33-13-18(12-26-33)28-24-29-22(27-17-3-2-8-25-11-17)21-20(16-4-5-16)14-32(15-34)23(21)30-24/h12-14,16-17,19,25,34H,2-11,15H2,1H3,(H2,27,28,29,30)/t17-/m1/s1. The molecule has 3 fully saturated rings. The molecule has 2 aliphatic heterocycles. The fourth-order valence-corrected chi connectivity index (χ4v) is 5.35. The summed E-state index contributed by atoms with van der Waals surface area (Å²) in [7, 11) is 2.17. The molecule has 5 heterocycles. The largest absolute Gasteiger partial charge is 0.376 e. The topological polar surface area (TPSA) is 108 Å². The van der Waals surface area contributed by atoms with E-state index in [2.05, 4.69) is 50.1 Å². The first-order chi connectivity index (χ1) is 16.7. The predicted molar refractivity (Wildman–Crippen MR) is 133 cm³/mol. The molecule has 1 atom stereocenters. The molecule has 3 aromatic heterocycles. The van der Waals surface area contributed by atoms with Crippen LogP contribution < -0.4 is 16.0 Å². The minimum Gasteiger partial charge on any atom is -0.376 e. The average Bonchev–Trinajstić information content (AvgIpc) is 3.48. The van der Waals surface area contributed by atoms with Crippen molar-refractivity contribution in [1.29, 1.82) is 0 Å². The van der Waals surface area contributed by atoms with Gasteiger partial charge in [-0.1, -0.05) is 0 Å². The Bertz CT molecular complexity index is 1140. The molecule has 0 spiro atoms. The second-order valence-corrected chi connectivity index (χ2v) is 10.1. The van der Waals surface area contributed by atoms with Gasteiger partial charge in [0.05, 0.1) is 23.3 Å². The van der Waals surface area contributed by atoms with Crippen LogP contribution in [0.25, 0.3) is 11.0 Å². The van der Waals surface area contributed by atoms with Crippen LogP contribution in [-0.4, -0.2) is 73.6 Å². The highest BCUT2D eigenvalue weighted by Gasteiger charge is 2.30. The molecule has 2 saturated heterocycles. The summed E-state index contributed by atoms with van der Waals surface area (Å²) in [5.41, 5.74) is 2.90. The normalized spacial score (nSPS) is 22.4. The van der Waals surface area contributed by atoms with Gasteiger partial charge in [-0.3, -0.25) is 4.68 Å². The van der Waals surface area contributed by atoms with Crippen LogP contribution in [0.2, 0.25) is 0 Å². The number of likely N-dealkylation sites (tertiary alicyclic amines) is 1. The van der Waals surface area contributed by atoms with Gasteiger partial charge in [-0.15, -0.1) is 0 Å². The summed E-state index contributed by atoms with van der Waals surface area (Å²) in [4.78, 5) is 12.1. The van der Waals surface area contributed by atoms with Crippen LogP contribution in [0.15, 0.2) is 18.6 Å². The summed E-state index contributed by atoms with van der Waals surface area (Å²) < 4.78 is 3.91. The molecule has 1 aliphatic carbocycles. The molecule has 0 aromatic carbocycles. The number of hydrogen-bond acceptors (Lipinski definition) is 8. The second-order valence-electron chi connectivity index (χ2n) is 10.1. The molecule has 3 aliphatic rings. The van der Waals surface area contributed by atoms with Crippen molar-refractivity contribution in [3.8, 4) is 0 Å². The second kappa shape index (κ2) is 9.16. The van der Waals surface area contributed by atoms with Crippen molar-refractivity contribution in [3.63, 3.8) is 0 Å². The van der Waals surface area contributed by atoms with E-state index in [1.54, 1.807) is 0 Å². The summed E-state index contributed by atoms with van der Waals surface area (Å²) in [5, 5.41) is 26.3. The number of piperidine rings is 2. The van der Waals surface area contributed by atoms with Gasteiger partial charge in [0.1, 0.15) is 18.2 Å². The highest BCUT2D eigenvalue weighted by atomic mass is 16.3. The zero-order chi connectivity index (χ0) is 23.1. The van der Waals surface area contributed by atoms with Crippen LogP contribution in [0.3, 0.4) is 0 Å². The Kier molecular flexibility index (Phi) is 5.88. The van der Waals surface area contributed by atoms with Gasteiger partial charge in [-0.25, -0.2) is 0 Å². The SMILES string of the molecule is CN1CCC(n2cc(Nc3nc(N[C@@H]4CCCNC4)c4c(C5CC5)cn(CO)c4n3)cn2)CC1. The Labute approximate surface area is 199 Å². The summed E-state index contributed by atoms with van der Waals surface area (Å²) in [6.07, 6.45) is 12.8. The van der Waals surface area contributed by atoms with Crippen LogP contribution in [0.5, 0.6) is 0 Å². The molecule has 0 radical (unpaired) electrons. The summed E-state index contributed by atoms with van der Waals surface area (Å²) >= 11 is 0. The van der Waals surface area contributed by atoms with E-state index in [-0.39, 0.29) is 6.73 Å². The van der Waals surface area contributed by atoms with Crippen LogP contribution in [0.4, 0.5) is 17.5 Å². The van der Waals surface area contributed by atoms with E-state index < -0.39 is 0 Å². The molecule has 6 rings (SSSR count). The predicted octanol–water partition coefficient (Wildman–Crippen LogP) is 2.63. The van der Waals surface area contributed by atoms with Crippen LogP contribution in [0.1, 0.15) is 56.0 Å². The lowest BCUT2D eigenvalue weighted by Crippen LogP contribution is -2.38. The maximum atomic E-state index is 10.0. The maximum Gasteiger partial charge on any atom is 0.231 e. The third-order valence-corrected chi connectivity index (χ3v) is 7.47. The fourth-order valence-electron chi connectivity index (χ4n) is 5.35. The van der Waals surface area contributed by atoms with Crippen molar-refractivity contribution < 1.29 is 5.11 Å². The van der Waals surface area contributed by atoms with Gasteiger partial charge in [0.15, 0.2) is 0 Å². The van der Waals surface area contributed by atoms with Gasteiger partial charge in [-0.05, 0) is 76.7 Å². The zero-order valence-corrected chi connectivity index (χ0v) is 19.9. The zero-order valence-electron chi connectivity index (χ0n) is 19.9. The summed E-state index contributed by atoms with van der Waals surface area (Å²) in [6, 6.07) is 0.760. The number of fused-ring (bicyclic) bond motifs is 1. The number of aliphatic hydroxyl groups excluding tert-OH is 1. The third-order valence-electron chi connectivity index (χ3n) is 7.47. The fraction of sp³-hybridized carbons (Fsp3) is 0.625. The van der Waals surface area contributed by atoms with Gasteiger partial charge in [-0.2, -0.15) is 15.1 Å². The van der Waals surface area contributed by atoms with E-state index in [1.165, 1.54) is 18.4 Å². The molecule has 10 heteroatoms. The van der Waals surface area contributed by atoms with Gasteiger partial charge < -0.3 is 30.5 Å². The van der Waals surface area contributed by atoms with Crippen molar-refractivity contribution in [2.24, 2.45) is 0 Å². The number of anilines is 3. The summed E-state index contributed by atoms with van der Waals surface area (Å²) in [6.45, 7) is 4.09. The summed E-state index contributed by atoms with van der Waals surface area (Å²) in [5.74, 6) is 1.92. The van der Waals surface area contributed by atoms with Gasteiger partial charge >= 0.3 is 0 Å². The Morgan fingerprint density at radius 2 is 1.97 bits per heavy atom. The van der Waals surface area contributed by atoms with E-state index in [0.717, 1.165) is 74.4 Å². The lowest BCUT2D eigenvalue weighted by atomic mass is 10.1. The Morgan fingerprint density at radius 1 is 1.12 bits per heavy atom. The smallest absolute Gasteiger partial charge is 0.231 e. The molecule has 34 heavy (non-hydrogen) atoms. The van der Waals surface area contributed by atoms with E-state index in [0.29, 0.717) is 23.9 Å². The maximum absolute atomic E-state index is 10.0. The number of aliphatic hydroxyl groups is 1. The molecule has 10 nitrogen and oxygen atoms in total. The minimum atomic E-state index is -0.0991. The molecule has 182 valence electrons. The number of aromatic nitrogens is 5. The van der Waals surface area contributed by atoms with E-state index in [9.17, 15) is 5.11 Å². The molecule has 0 unspecified atom stereocenters. The number of nitrogens with zero attached hydrogens (tertiary/aromatic N) is 6. The lowest BCUT2D eigenvalue weighted by Gasteiger charge is -2.28. The Morgan fingerprint density at radius 3 is 2.71 bits per heavy atom. The molecular formula is C24H35N9O.